The second kappa shape index (κ2) is 9.22. The quantitative estimate of drug-likeness (QED) is 0.395. The summed E-state index contributed by atoms with van der Waals surface area (Å²) in [5.74, 6) is 1.04. The first kappa shape index (κ1) is 23.5. The minimum Gasteiger partial charge on any atom is -0.354 e. The zero-order chi connectivity index (χ0) is 24.9. The molecule has 0 radical (unpaired) electrons. The van der Waals surface area contributed by atoms with E-state index in [0.717, 1.165) is 49.0 Å². The van der Waals surface area contributed by atoms with Crippen molar-refractivity contribution in [3.8, 4) is 0 Å². The molecule has 9 nitrogen and oxygen atoms in total. The summed E-state index contributed by atoms with van der Waals surface area (Å²) >= 11 is 1.44. The Hall–Kier alpha value is -2.86. The van der Waals surface area contributed by atoms with Crippen LogP contribution in [0.1, 0.15) is 10.4 Å². The standard InChI is InChI=1S/C25H28N6O3S2/c1-36(33,34)31-9-7-20-21(16-31)35-24-22(20)25(32)30(17-27-24)15-12-28-10-13-29(14-11-28)23-19-5-3-2-4-18(19)6-8-26-23/h2-6,8,17H,7,9-16H2,1H3. The molecule has 1 aromatic carbocycles. The fourth-order valence-corrected chi connectivity index (χ4v) is 7.29. The second-order valence-corrected chi connectivity index (χ2v) is 12.5. The molecule has 4 aromatic rings. The maximum absolute atomic E-state index is 13.3. The van der Waals surface area contributed by atoms with Gasteiger partial charge in [-0.25, -0.2) is 18.4 Å². The minimum atomic E-state index is -3.25. The Kier molecular flexibility index (Phi) is 6.03. The molecule has 3 aromatic heterocycles. The first-order valence-electron chi connectivity index (χ1n) is 12.1. The molecular formula is C25H28N6O3S2. The highest BCUT2D eigenvalue weighted by atomic mass is 32.2. The van der Waals surface area contributed by atoms with E-state index in [9.17, 15) is 13.2 Å². The van der Waals surface area contributed by atoms with Gasteiger partial charge in [0.1, 0.15) is 10.6 Å². The molecule has 0 bridgehead atoms. The third-order valence-corrected chi connectivity index (χ3v) is 9.62. The molecule has 11 heteroatoms. The SMILES string of the molecule is CS(=O)(=O)N1CCc2c(sc3ncn(CCN4CCN(c5nccc6ccccc56)CC4)c(=O)c23)C1. The van der Waals surface area contributed by atoms with Gasteiger partial charge in [-0.2, -0.15) is 4.31 Å². The molecule has 5 heterocycles. The average Bonchev–Trinajstić information content (AvgIpc) is 3.26. The largest absolute Gasteiger partial charge is 0.354 e. The van der Waals surface area contributed by atoms with Crippen LogP contribution in [0.15, 0.2) is 47.7 Å². The zero-order valence-corrected chi connectivity index (χ0v) is 21.8. The summed E-state index contributed by atoms with van der Waals surface area (Å²) in [6, 6.07) is 10.4. The number of pyridine rings is 1. The summed E-state index contributed by atoms with van der Waals surface area (Å²) in [5.41, 5.74) is 0.946. The van der Waals surface area contributed by atoms with E-state index in [1.165, 1.54) is 32.7 Å². The molecule has 0 atom stereocenters. The normalized spacial score (nSPS) is 17.6. The van der Waals surface area contributed by atoms with Gasteiger partial charge < -0.3 is 4.90 Å². The van der Waals surface area contributed by atoms with Gasteiger partial charge in [0.15, 0.2) is 0 Å². The number of thiophene rings is 1. The lowest BCUT2D eigenvalue weighted by molar-refractivity contribution is 0.246. The lowest BCUT2D eigenvalue weighted by atomic mass is 10.1. The third kappa shape index (κ3) is 4.30. The van der Waals surface area contributed by atoms with E-state index in [-0.39, 0.29) is 5.56 Å². The predicted octanol–water partition coefficient (Wildman–Crippen LogP) is 2.15. The molecule has 36 heavy (non-hydrogen) atoms. The Bertz CT molecular complexity index is 1600. The number of aromatic nitrogens is 3. The Balaban J connectivity index is 1.14. The molecule has 0 aliphatic carbocycles. The number of anilines is 1. The van der Waals surface area contributed by atoms with Crippen LogP contribution in [0.5, 0.6) is 0 Å². The summed E-state index contributed by atoms with van der Waals surface area (Å²) in [6.07, 6.45) is 5.29. The van der Waals surface area contributed by atoms with Gasteiger partial charge in [-0.15, -0.1) is 11.3 Å². The highest BCUT2D eigenvalue weighted by Gasteiger charge is 2.28. The van der Waals surface area contributed by atoms with Gasteiger partial charge in [0.05, 0.1) is 18.0 Å². The number of nitrogens with zero attached hydrogens (tertiary/aromatic N) is 6. The molecule has 1 saturated heterocycles. The van der Waals surface area contributed by atoms with Crippen LogP contribution in [0.25, 0.3) is 21.0 Å². The number of fused-ring (bicyclic) bond motifs is 4. The summed E-state index contributed by atoms with van der Waals surface area (Å²) < 4.78 is 27.1. The molecule has 0 amide bonds. The summed E-state index contributed by atoms with van der Waals surface area (Å²) in [6.45, 7) is 5.68. The van der Waals surface area contributed by atoms with E-state index >= 15 is 0 Å². The third-order valence-electron chi connectivity index (χ3n) is 7.24. The van der Waals surface area contributed by atoms with Gasteiger partial charge in [0.2, 0.25) is 10.0 Å². The number of rotatable bonds is 5. The summed E-state index contributed by atoms with van der Waals surface area (Å²) in [4.78, 5) is 28.9. The molecular weight excluding hydrogens is 496 g/mol. The van der Waals surface area contributed by atoms with Crippen molar-refractivity contribution in [2.75, 3.05) is 50.4 Å². The number of piperazine rings is 1. The lowest BCUT2D eigenvalue weighted by Crippen LogP contribution is -2.47. The fraction of sp³-hybridized carbons (Fsp3) is 0.400. The van der Waals surface area contributed by atoms with E-state index in [4.69, 9.17) is 0 Å². The van der Waals surface area contributed by atoms with Gasteiger partial charge in [-0.1, -0.05) is 24.3 Å². The van der Waals surface area contributed by atoms with Gasteiger partial charge in [0, 0.05) is 68.8 Å². The van der Waals surface area contributed by atoms with Crippen molar-refractivity contribution in [1.82, 2.24) is 23.7 Å². The van der Waals surface area contributed by atoms with E-state index in [0.29, 0.717) is 36.3 Å². The summed E-state index contributed by atoms with van der Waals surface area (Å²) in [5, 5.41) is 3.04. The van der Waals surface area contributed by atoms with Crippen molar-refractivity contribution >= 4 is 48.2 Å². The van der Waals surface area contributed by atoms with Crippen molar-refractivity contribution in [2.24, 2.45) is 0 Å². The minimum absolute atomic E-state index is 0.0242. The van der Waals surface area contributed by atoms with Crippen LogP contribution in [0.3, 0.4) is 0 Å². The van der Waals surface area contributed by atoms with E-state index in [1.54, 1.807) is 10.9 Å². The first-order valence-corrected chi connectivity index (χ1v) is 14.8. The number of hydrogen-bond donors (Lipinski definition) is 0. The summed E-state index contributed by atoms with van der Waals surface area (Å²) in [7, 11) is -3.25. The zero-order valence-electron chi connectivity index (χ0n) is 20.1. The molecule has 0 spiro atoms. The van der Waals surface area contributed by atoms with E-state index in [1.807, 2.05) is 18.3 Å². The van der Waals surface area contributed by atoms with Crippen LogP contribution in [-0.4, -0.2) is 77.7 Å². The monoisotopic (exact) mass is 524 g/mol. The van der Waals surface area contributed by atoms with Gasteiger partial charge >= 0.3 is 0 Å². The van der Waals surface area contributed by atoms with Crippen LogP contribution in [0, 0.1) is 0 Å². The molecule has 2 aliphatic rings. The van der Waals surface area contributed by atoms with Gasteiger partial charge in [0.25, 0.3) is 5.56 Å². The molecule has 1 fully saturated rings. The van der Waals surface area contributed by atoms with Crippen molar-refractivity contribution in [1.29, 1.82) is 0 Å². The Labute approximate surface area is 213 Å². The highest BCUT2D eigenvalue weighted by Crippen LogP contribution is 2.33. The van der Waals surface area contributed by atoms with Crippen molar-refractivity contribution in [2.45, 2.75) is 19.5 Å². The van der Waals surface area contributed by atoms with E-state index in [2.05, 4.69) is 38.0 Å². The van der Waals surface area contributed by atoms with Crippen LogP contribution in [-0.2, 0) is 29.5 Å². The van der Waals surface area contributed by atoms with Gasteiger partial charge in [-0.05, 0) is 23.4 Å². The van der Waals surface area contributed by atoms with Crippen LogP contribution < -0.4 is 10.5 Å². The highest BCUT2D eigenvalue weighted by molar-refractivity contribution is 7.88. The Morgan fingerprint density at radius 3 is 2.61 bits per heavy atom. The van der Waals surface area contributed by atoms with E-state index < -0.39 is 10.0 Å². The molecule has 0 unspecified atom stereocenters. The molecule has 0 N–H and O–H groups in total. The number of hydrogen-bond acceptors (Lipinski definition) is 8. The first-order chi connectivity index (χ1) is 17.4. The smallest absolute Gasteiger partial charge is 0.262 e. The number of benzene rings is 1. The van der Waals surface area contributed by atoms with Crippen LogP contribution >= 0.6 is 11.3 Å². The van der Waals surface area contributed by atoms with Crippen molar-refractivity contribution in [3.63, 3.8) is 0 Å². The topological polar surface area (TPSA) is 91.6 Å². The maximum atomic E-state index is 13.3. The van der Waals surface area contributed by atoms with Crippen LogP contribution in [0.4, 0.5) is 5.82 Å². The lowest BCUT2D eigenvalue weighted by Gasteiger charge is -2.35. The second-order valence-electron chi connectivity index (χ2n) is 9.46. The van der Waals surface area contributed by atoms with Crippen molar-refractivity contribution < 1.29 is 8.42 Å². The van der Waals surface area contributed by atoms with Gasteiger partial charge in [-0.3, -0.25) is 14.3 Å². The average molecular weight is 525 g/mol. The fourth-order valence-electron chi connectivity index (χ4n) is 5.23. The molecule has 2 aliphatic heterocycles. The predicted molar refractivity (Wildman–Crippen MR) is 143 cm³/mol. The Morgan fingerprint density at radius 2 is 1.81 bits per heavy atom. The molecule has 0 saturated carbocycles. The maximum Gasteiger partial charge on any atom is 0.262 e. The molecule has 188 valence electrons. The number of sulfonamides is 1. The van der Waals surface area contributed by atoms with Crippen LogP contribution in [0.2, 0.25) is 0 Å². The Morgan fingerprint density at radius 1 is 1.00 bits per heavy atom. The molecule has 6 rings (SSSR count). The van der Waals surface area contributed by atoms with Crippen molar-refractivity contribution in [3.05, 3.63) is 63.7 Å².